The van der Waals surface area contributed by atoms with Crippen molar-refractivity contribution >= 4 is 22.5 Å². The van der Waals surface area contributed by atoms with E-state index in [0.29, 0.717) is 5.69 Å². The number of pyridine rings is 1. The van der Waals surface area contributed by atoms with Gasteiger partial charge in [-0.05, 0) is 30.3 Å². The molecule has 0 aliphatic heterocycles. The van der Waals surface area contributed by atoms with Gasteiger partial charge in [0, 0.05) is 11.1 Å². The molecular weight excluding hydrogens is 321 g/mol. The molecule has 0 fully saturated rings. The molecule has 0 aliphatic carbocycles. The number of nitrogens with zero attached hydrogens (tertiary/aromatic N) is 4. The molecule has 4 rings (SSSR count). The van der Waals surface area contributed by atoms with Crippen molar-refractivity contribution in [2.75, 3.05) is 5.32 Å². The molecule has 4 aromatic rings. The molecule has 0 radical (unpaired) electrons. The highest BCUT2D eigenvalue weighted by atomic mass is 19.1. The average Bonchev–Trinajstić information content (AvgIpc) is 3.15. The highest BCUT2D eigenvalue weighted by Gasteiger charge is 2.11. The lowest BCUT2D eigenvalue weighted by Gasteiger charge is -2.08. The van der Waals surface area contributed by atoms with E-state index in [-0.39, 0.29) is 11.4 Å². The molecule has 0 saturated carbocycles. The third-order valence-electron chi connectivity index (χ3n) is 3.70. The summed E-state index contributed by atoms with van der Waals surface area (Å²) in [6.45, 7) is 0. The molecule has 1 N–H and O–H groups in total. The number of nitrogens with one attached hydrogen (secondary N) is 1. The molecule has 25 heavy (non-hydrogen) atoms. The van der Waals surface area contributed by atoms with E-state index in [2.05, 4.69) is 20.4 Å². The van der Waals surface area contributed by atoms with Crippen LogP contribution in [0.2, 0.25) is 0 Å². The van der Waals surface area contributed by atoms with Gasteiger partial charge in [0.1, 0.15) is 24.0 Å². The molecule has 0 atom stereocenters. The summed E-state index contributed by atoms with van der Waals surface area (Å²) in [5, 5.41) is 7.48. The summed E-state index contributed by atoms with van der Waals surface area (Å²) in [5.41, 5.74) is 1.57. The van der Waals surface area contributed by atoms with Crippen molar-refractivity contribution in [3.05, 3.63) is 78.8 Å². The third-order valence-corrected chi connectivity index (χ3v) is 3.70. The van der Waals surface area contributed by atoms with E-state index in [0.717, 1.165) is 10.9 Å². The van der Waals surface area contributed by atoms with E-state index in [9.17, 15) is 9.18 Å². The number of carbonyl (C=O) groups excluding carboxylic acids is 1. The topological polar surface area (TPSA) is 72.7 Å². The van der Waals surface area contributed by atoms with E-state index in [1.54, 1.807) is 12.1 Å². The zero-order valence-corrected chi connectivity index (χ0v) is 12.9. The van der Waals surface area contributed by atoms with Crippen molar-refractivity contribution in [1.82, 2.24) is 19.7 Å². The van der Waals surface area contributed by atoms with Crippen LogP contribution in [0.3, 0.4) is 0 Å². The maximum atomic E-state index is 14.2. The van der Waals surface area contributed by atoms with Gasteiger partial charge in [0.25, 0.3) is 5.91 Å². The van der Waals surface area contributed by atoms with Crippen LogP contribution in [0.4, 0.5) is 10.1 Å². The van der Waals surface area contributed by atoms with Gasteiger partial charge < -0.3 is 5.32 Å². The van der Waals surface area contributed by atoms with Crippen molar-refractivity contribution in [3.63, 3.8) is 0 Å². The largest absolute Gasteiger partial charge is 0.321 e. The number of rotatable bonds is 3. The van der Waals surface area contributed by atoms with Gasteiger partial charge in [-0.1, -0.05) is 24.3 Å². The lowest BCUT2D eigenvalue weighted by atomic mass is 10.2. The number of anilines is 1. The Kier molecular flexibility index (Phi) is 3.66. The Balaban J connectivity index is 1.58. The van der Waals surface area contributed by atoms with Crippen LogP contribution in [0.1, 0.15) is 10.5 Å². The van der Waals surface area contributed by atoms with Gasteiger partial charge in [0.15, 0.2) is 5.82 Å². The standard InChI is InChI=1S/C18H12FN5O/c19-14-9-13(6-8-17(14)24-11-20-10-21-24)22-18(25)16-7-5-12-3-1-2-4-15(12)23-16/h1-11H,(H,22,25). The zero-order valence-electron chi connectivity index (χ0n) is 12.9. The maximum Gasteiger partial charge on any atom is 0.274 e. The molecule has 2 aromatic carbocycles. The van der Waals surface area contributed by atoms with Crippen LogP contribution >= 0.6 is 0 Å². The van der Waals surface area contributed by atoms with Crippen LogP contribution in [0.25, 0.3) is 16.6 Å². The first kappa shape index (κ1) is 14.9. The summed E-state index contributed by atoms with van der Waals surface area (Å²) in [6, 6.07) is 15.3. The number of para-hydroxylation sites is 1. The van der Waals surface area contributed by atoms with E-state index >= 15 is 0 Å². The number of benzene rings is 2. The fourth-order valence-corrected chi connectivity index (χ4v) is 2.49. The van der Waals surface area contributed by atoms with Crippen molar-refractivity contribution in [1.29, 1.82) is 0 Å². The predicted molar refractivity (Wildman–Crippen MR) is 91.0 cm³/mol. The molecular formula is C18H12FN5O. The normalized spacial score (nSPS) is 10.8. The monoisotopic (exact) mass is 333 g/mol. The van der Waals surface area contributed by atoms with Crippen molar-refractivity contribution in [2.24, 2.45) is 0 Å². The van der Waals surface area contributed by atoms with Crippen molar-refractivity contribution in [2.45, 2.75) is 0 Å². The molecule has 0 aliphatic rings. The summed E-state index contributed by atoms with van der Waals surface area (Å²) >= 11 is 0. The molecule has 0 saturated heterocycles. The second kappa shape index (κ2) is 6.12. The Labute approximate surface area is 142 Å². The summed E-state index contributed by atoms with van der Waals surface area (Å²) in [7, 11) is 0. The van der Waals surface area contributed by atoms with Crippen LogP contribution in [0.15, 0.2) is 67.3 Å². The minimum atomic E-state index is -0.519. The van der Waals surface area contributed by atoms with Crippen molar-refractivity contribution < 1.29 is 9.18 Å². The molecule has 0 unspecified atom stereocenters. The summed E-state index contributed by atoms with van der Waals surface area (Å²) in [6.07, 6.45) is 2.72. The van der Waals surface area contributed by atoms with Gasteiger partial charge in [0.2, 0.25) is 0 Å². The summed E-state index contributed by atoms with van der Waals surface area (Å²) in [4.78, 5) is 20.5. The Morgan fingerprint density at radius 2 is 1.96 bits per heavy atom. The van der Waals surface area contributed by atoms with Gasteiger partial charge in [-0.2, -0.15) is 5.10 Å². The van der Waals surface area contributed by atoms with Crippen LogP contribution in [-0.4, -0.2) is 25.7 Å². The number of hydrogen-bond donors (Lipinski definition) is 1. The van der Waals surface area contributed by atoms with Gasteiger partial charge in [-0.3, -0.25) is 4.79 Å². The second-order valence-electron chi connectivity index (χ2n) is 5.35. The quantitative estimate of drug-likeness (QED) is 0.625. The van der Waals surface area contributed by atoms with Crippen LogP contribution in [-0.2, 0) is 0 Å². The molecule has 0 bridgehead atoms. The maximum absolute atomic E-state index is 14.2. The van der Waals surface area contributed by atoms with Crippen molar-refractivity contribution in [3.8, 4) is 5.69 Å². The Morgan fingerprint density at radius 3 is 2.76 bits per heavy atom. The Hall–Kier alpha value is -3.61. The van der Waals surface area contributed by atoms with Gasteiger partial charge in [-0.25, -0.2) is 19.0 Å². The minimum absolute atomic E-state index is 0.249. The first-order valence-electron chi connectivity index (χ1n) is 7.52. The Bertz CT molecular complexity index is 1060. The van der Waals surface area contributed by atoms with Crippen LogP contribution in [0, 0.1) is 5.82 Å². The van der Waals surface area contributed by atoms with Gasteiger partial charge in [0.05, 0.1) is 5.52 Å². The summed E-state index contributed by atoms with van der Waals surface area (Å²) in [5.74, 6) is -0.923. The number of hydrogen-bond acceptors (Lipinski definition) is 4. The number of halogens is 1. The average molecular weight is 333 g/mol. The van der Waals surface area contributed by atoms with Gasteiger partial charge >= 0.3 is 0 Å². The lowest BCUT2D eigenvalue weighted by Crippen LogP contribution is -2.14. The van der Waals surface area contributed by atoms with E-state index in [1.807, 2.05) is 30.3 Å². The third kappa shape index (κ3) is 2.94. The first-order chi connectivity index (χ1) is 12.2. The molecule has 2 aromatic heterocycles. The van der Waals surface area contributed by atoms with E-state index in [1.165, 1.54) is 29.5 Å². The number of fused-ring (bicyclic) bond motifs is 1. The molecule has 1 amide bonds. The molecule has 2 heterocycles. The predicted octanol–water partition coefficient (Wildman–Crippen LogP) is 3.21. The van der Waals surface area contributed by atoms with Gasteiger partial charge in [-0.15, -0.1) is 0 Å². The smallest absolute Gasteiger partial charge is 0.274 e. The minimum Gasteiger partial charge on any atom is -0.321 e. The molecule has 6 nitrogen and oxygen atoms in total. The number of amides is 1. The summed E-state index contributed by atoms with van der Waals surface area (Å²) < 4.78 is 15.5. The fraction of sp³-hybridized carbons (Fsp3) is 0. The van der Waals surface area contributed by atoms with Crippen LogP contribution < -0.4 is 5.32 Å². The lowest BCUT2D eigenvalue weighted by molar-refractivity contribution is 0.102. The SMILES string of the molecule is O=C(Nc1ccc(-n2cncn2)c(F)c1)c1ccc2ccccc2n1. The number of aromatic nitrogens is 4. The Morgan fingerprint density at radius 1 is 1.08 bits per heavy atom. The zero-order chi connectivity index (χ0) is 17.2. The molecule has 122 valence electrons. The van der Waals surface area contributed by atoms with E-state index in [4.69, 9.17) is 0 Å². The number of carbonyl (C=O) groups is 1. The van der Waals surface area contributed by atoms with E-state index < -0.39 is 11.7 Å². The fourth-order valence-electron chi connectivity index (χ4n) is 2.49. The molecule has 0 spiro atoms. The molecule has 7 heteroatoms. The highest BCUT2D eigenvalue weighted by molar-refractivity contribution is 6.04. The van der Waals surface area contributed by atoms with Crippen LogP contribution in [0.5, 0.6) is 0 Å². The highest BCUT2D eigenvalue weighted by Crippen LogP contribution is 2.18. The second-order valence-corrected chi connectivity index (χ2v) is 5.35. The first-order valence-corrected chi connectivity index (χ1v) is 7.52.